The summed E-state index contributed by atoms with van der Waals surface area (Å²) in [6, 6.07) is 0. The third kappa shape index (κ3) is 1.74. The third-order valence-corrected chi connectivity index (χ3v) is 0.854. The fourth-order valence-corrected chi connectivity index (χ4v) is 0.476. The Balaban J connectivity index is 0.000000490. The average molecular weight is 142 g/mol. The summed E-state index contributed by atoms with van der Waals surface area (Å²) in [5.41, 5.74) is 0. The predicted molar refractivity (Wildman–Crippen MR) is 30.2 cm³/mol. The molecular weight excluding hydrogens is 136 g/mol. The zero-order valence-corrected chi connectivity index (χ0v) is 4.92. The van der Waals surface area contributed by atoms with E-state index in [0.29, 0.717) is 6.21 Å². The van der Waals surface area contributed by atoms with Gasteiger partial charge in [0.1, 0.15) is 0 Å². The monoisotopic (exact) mass is 141 g/mol. The van der Waals surface area contributed by atoms with Crippen LogP contribution in [-0.2, 0) is 0 Å². The lowest BCUT2D eigenvalue weighted by molar-refractivity contribution is 0.0856. The van der Waals surface area contributed by atoms with Crippen LogP contribution in [-0.4, -0.2) is 18.7 Å². The van der Waals surface area contributed by atoms with Crippen LogP contribution >= 0.6 is 12.4 Å². The zero-order chi connectivity index (χ0) is 5.33. The topological polar surface area (TPSA) is 12.4 Å². The SMILES string of the molecule is Cl.FC1(F)C=NCC1. The molecule has 0 radical (unpaired) electrons. The fourth-order valence-electron chi connectivity index (χ4n) is 0.476. The van der Waals surface area contributed by atoms with E-state index in [1.54, 1.807) is 0 Å². The number of alkyl halides is 2. The molecule has 4 heteroatoms. The van der Waals surface area contributed by atoms with Gasteiger partial charge in [0.15, 0.2) is 0 Å². The summed E-state index contributed by atoms with van der Waals surface area (Å²) in [4.78, 5) is 3.36. The van der Waals surface area contributed by atoms with Crippen LogP contribution in [0.4, 0.5) is 8.78 Å². The second-order valence-corrected chi connectivity index (χ2v) is 1.55. The van der Waals surface area contributed by atoms with Crippen LogP contribution in [0.15, 0.2) is 4.99 Å². The lowest BCUT2D eigenvalue weighted by Crippen LogP contribution is -2.12. The molecule has 1 nitrogen and oxygen atoms in total. The van der Waals surface area contributed by atoms with Gasteiger partial charge in [0.05, 0.1) is 6.21 Å². The molecule has 8 heavy (non-hydrogen) atoms. The standard InChI is InChI=1S/C4H5F2N.ClH/c5-4(6)1-2-7-3-4;/h3H,1-2H2;1H. The van der Waals surface area contributed by atoms with E-state index >= 15 is 0 Å². The van der Waals surface area contributed by atoms with E-state index in [0.717, 1.165) is 0 Å². The van der Waals surface area contributed by atoms with Crippen molar-refractivity contribution in [3.8, 4) is 0 Å². The summed E-state index contributed by atoms with van der Waals surface area (Å²) in [6.45, 7) is 0.285. The van der Waals surface area contributed by atoms with Gasteiger partial charge in [-0.1, -0.05) is 0 Å². The molecule has 0 bridgehead atoms. The van der Waals surface area contributed by atoms with Crippen LogP contribution in [0.1, 0.15) is 6.42 Å². The lowest BCUT2D eigenvalue weighted by atomic mass is 10.3. The molecule has 0 spiro atoms. The maximum Gasteiger partial charge on any atom is 0.284 e. The van der Waals surface area contributed by atoms with Crippen molar-refractivity contribution in [1.82, 2.24) is 0 Å². The van der Waals surface area contributed by atoms with Crippen LogP contribution in [0.5, 0.6) is 0 Å². The Morgan fingerprint density at radius 1 is 1.50 bits per heavy atom. The van der Waals surface area contributed by atoms with E-state index < -0.39 is 5.92 Å². The number of halogens is 3. The van der Waals surface area contributed by atoms with E-state index in [-0.39, 0.29) is 25.4 Å². The Bertz CT molecular complexity index is 102. The highest BCUT2D eigenvalue weighted by Gasteiger charge is 2.28. The first kappa shape index (κ1) is 7.82. The molecular formula is C4H6ClF2N. The minimum Gasteiger partial charge on any atom is -0.291 e. The first-order valence-corrected chi connectivity index (χ1v) is 2.09. The van der Waals surface area contributed by atoms with Crippen molar-refractivity contribution in [2.75, 3.05) is 6.54 Å². The molecule has 0 aliphatic carbocycles. The molecule has 0 N–H and O–H groups in total. The highest BCUT2D eigenvalue weighted by molar-refractivity contribution is 5.85. The third-order valence-electron chi connectivity index (χ3n) is 0.854. The molecule has 1 rings (SSSR count). The summed E-state index contributed by atoms with van der Waals surface area (Å²) in [6.07, 6.45) is 0.611. The van der Waals surface area contributed by atoms with Crippen LogP contribution in [0.3, 0.4) is 0 Å². The van der Waals surface area contributed by atoms with Crippen LogP contribution in [0.25, 0.3) is 0 Å². The number of aliphatic imine (C=N–C) groups is 1. The van der Waals surface area contributed by atoms with Gasteiger partial charge in [-0.2, -0.15) is 0 Å². The van der Waals surface area contributed by atoms with Crippen molar-refractivity contribution in [2.24, 2.45) is 4.99 Å². The number of nitrogens with zero attached hydrogens (tertiary/aromatic N) is 1. The van der Waals surface area contributed by atoms with Crippen LogP contribution < -0.4 is 0 Å². The summed E-state index contributed by atoms with van der Waals surface area (Å²) >= 11 is 0. The molecule has 1 heterocycles. The molecule has 0 aromatic heterocycles. The number of hydrogen-bond donors (Lipinski definition) is 0. The highest BCUT2D eigenvalue weighted by Crippen LogP contribution is 2.19. The van der Waals surface area contributed by atoms with Crippen molar-refractivity contribution in [3.05, 3.63) is 0 Å². The minimum absolute atomic E-state index is 0. The molecule has 0 atom stereocenters. The van der Waals surface area contributed by atoms with Crippen molar-refractivity contribution >= 4 is 18.6 Å². The Hall–Kier alpha value is -0.180. The minimum atomic E-state index is -2.60. The Morgan fingerprint density at radius 3 is 2.25 bits per heavy atom. The molecule has 0 aromatic carbocycles. The van der Waals surface area contributed by atoms with Gasteiger partial charge in [-0.05, 0) is 0 Å². The van der Waals surface area contributed by atoms with Crippen LogP contribution in [0.2, 0.25) is 0 Å². The maximum absolute atomic E-state index is 11.8. The summed E-state index contributed by atoms with van der Waals surface area (Å²) in [5.74, 6) is -2.60. The second-order valence-electron chi connectivity index (χ2n) is 1.55. The molecule has 0 amide bonds. The van der Waals surface area contributed by atoms with E-state index in [1.807, 2.05) is 0 Å². The molecule has 1 aliphatic rings. The van der Waals surface area contributed by atoms with Crippen molar-refractivity contribution < 1.29 is 8.78 Å². The Labute approximate surface area is 52.2 Å². The average Bonchev–Trinajstić information content (AvgIpc) is 1.84. The summed E-state index contributed by atoms with van der Waals surface area (Å²) in [5, 5.41) is 0. The summed E-state index contributed by atoms with van der Waals surface area (Å²) < 4.78 is 23.6. The molecule has 0 fully saturated rings. The molecule has 48 valence electrons. The Kier molecular flexibility index (Phi) is 2.34. The predicted octanol–water partition coefficient (Wildman–Crippen LogP) is 1.52. The maximum atomic E-state index is 11.8. The molecule has 1 aliphatic heterocycles. The van der Waals surface area contributed by atoms with Gasteiger partial charge < -0.3 is 0 Å². The molecule has 0 aromatic rings. The van der Waals surface area contributed by atoms with Gasteiger partial charge in [0.25, 0.3) is 5.92 Å². The normalized spacial score (nSPS) is 22.8. The largest absolute Gasteiger partial charge is 0.291 e. The van der Waals surface area contributed by atoms with Gasteiger partial charge in [-0.3, -0.25) is 4.99 Å². The lowest BCUT2D eigenvalue weighted by Gasteiger charge is -1.98. The van der Waals surface area contributed by atoms with Gasteiger partial charge in [-0.15, -0.1) is 12.4 Å². The molecule has 0 saturated heterocycles. The van der Waals surface area contributed by atoms with E-state index in [1.165, 1.54) is 0 Å². The first-order chi connectivity index (χ1) is 3.21. The van der Waals surface area contributed by atoms with E-state index in [4.69, 9.17) is 0 Å². The van der Waals surface area contributed by atoms with Crippen molar-refractivity contribution in [3.63, 3.8) is 0 Å². The van der Waals surface area contributed by atoms with Crippen molar-refractivity contribution in [1.29, 1.82) is 0 Å². The van der Waals surface area contributed by atoms with Crippen LogP contribution in [0, 0.1) is 0 Å². The first-order valence-electron chi connectivity index (χ1n) is 2.09. The smallest absolute Gasteiger partial charge is 0.284 e. The van der Waals surface area contributed by atoms with Gasteiger partial charge in [0.2, 0.25) is 0 Å². The molecule has 0 saturated carbocycles. The second kappa shape index (κ2) is 2.40. The quantitative estimate of drug-likeness (QED) is 0.485. The number of hydrogen-bond acceptors (Lipinski definition) is 1. The van der Waals surface area contributed by atoms with E-state index in [2.05, 4.69) is 4.99 Å². The van der Waals surface area contributed by atoms with Gasteiger partial charge in [-0.25, -0.2) is 8.78 Å². The Morgan fingerprint density at radius 2 is 2.12 bits per heavy atom. The highest BCUT2D eigenvalue weighted by atomic mass is 35.5. The van der Waals surface area contributed by atoms with Gasteiger partial charge >= 0.3 is 0 Å². The number of rotatable bonds is 0. The summed E-state index contributed by atoms with van der Waals surface area (Å²) in [7, 11) is 0. The fraction of sp³-hybridized carbons (Fsp3) is 0.750. The van der Waals surface area contributed by atoms with Gasteiger partial charge in [0, 0.05) is 13.0 Å². The van der Waals surface area contributed by atoms with Crippen molar-refractivity contribution in [2.45, 2.75) is 12.3 Å². The zero-order valence-electron chi connectivity index (χ0n) is 4.10. The molecule has 0 unspecified atom stereocenters. The van der Waals surface area contributed by atoms with E-state index in [9.17, 15) is 8.78 Å².